The molecule has 2 saturated heterocycles. The molecule has 2 aromatic rings. The molecule has 7 heteroatoms. The fourth-order valence-electron chi connectivity index (χ4n) is 3.98. The Morgan fingerprint density at radius 2 is 1.68 bits per heavy atom. The number of methoxy groups -OCH3 is 1. The van der Waals surface area contributed by atoms with Gasteiger partial charge in [0.15, 0.2) is 5.75 Å². The maximum Gasteiger partial charge on any atom is 0.226 e. The quantitative estimate of drug-likeness (QED) is 0.846. The van der Waals surface area contributed by atoms with Crippen LogP contribution in [-0.4, -0.2) is 52.7 Å². The first kappa shape index (κ1) is 16.1. The van der Waals surface area contributed by atoms with E-state index >= 15 is 0 Å². The van der Waals surface area contributed by atoms with Crippen molar-refractivity contribution in [1.29, 1.82) is 0 Å². The number of ether oxygens (including phenoxy) is 1. The summed E-state index contributed by atoms with van der Waals surface area (Å²) in [5.41, 5.74) is 2.05. The van der Waals surface area contributed by atoms with E-state index in [0.717, 1.165) is 49.3 Å². The average molecular weight is 340 g/mol. The van der Waals surface area contributed by atoms with Crippen LogP contribution in [0.4, 0.5) is 11.9 Å². The molecule has 2 fully saturated rings. The second kappa shape index (κ2) is 6.46. The van der Waals surface area contributed by atoms with E-state index in [1.165, 1.54) is 6.42 Å². The smallest absolute Gasteiger partial charge is 0.226 e. The molecule has 0 aromatic carbocycles. The summed E-state index contributed by atoms with van der Waals surface area (Å²) in [6.45, 7) is 6.99. The van der Waals surface area contributed by atoms with Crippen molar-refractivity contribution < 1.29 is 4.74 Å². The molecule has 4 rings (SSSR count). The van der Waals surface area contributed by atoms with Crippen LogP contribution in [0.3, 0.4) is 0 Å². The van der Waals surface area contributed by atoms with Crippen molar-refractivity contribution in [3.63, 3.8) is 0 Å². The summed E-state index contributed by atoms with van der Waals surface area (Å²) < 4.78 is 5.15. The topological polar surface area (TPSA) is 67.3 Å². The van der Waals surface area contributed by atoms with Gasteiger partial charge in [-0.15, -0.1) is 0 Å². The van der Waals surface area contributed by atoms with Gasteiger partial charge in [0, 0.05) is 31.0 Å². The number of hydrogen-bond acceptors (Lipinski definition) is 7. The van der Waals surface area contributed by atoms with E-state index in [-0.39, 0.29) is 0 Å². The van der Waals surface area contributed by atoms with Crippen molar-refractivity contribution >= 4 is 11.9 Å². The largest absolute Gasteiger partial charge is 0.494 e. The van der Waals surface area contributed by atoms with E-state index in [2.05, 4.69) is 29.7 Å². The van der Waals surface area contributed by atoms with Crippen molar-refractivity contribution in [3.05, 3.63) is 29.8 Å². The Labute approximate surface area is 148 Å². The first-order valence-corrected chi connectivity index (χ1v) is 8.84. The summed E-state index contributed by atoms with van der Waals surface area (Å²) in [5, 5.41) is 0. The third kappa shape index (κ3) is 3.10. The molecule has 7 nitrogen and oxygen atoms in total. The zero-order valence-corrected chi connectivity index (χ0v) is 15.0. The summed E-state index contributed by atoms with van der Waals surface area (Å²) in [7, 11) is 1.63. The molecule has 2 unspecified atom stereocenters. The predicted octanol–water partition coefficient (Wildman–Crippen LogP) is 2.00. The molecule has 0 radical (unpaired) electrons. The van der Waals surface area contributed by atoms with E-state index in [1.54, 1.807) is 19.5 Å². The summed E-state index contributed by atoms with van der Waals surface area (Å²) in [6, 6.07) is 2.44. The minimum atomic E-state index is 0.417. The van der Waals surface area contributed by atoms with E-state index in [4.69, 9.17) is 4.74 Å². The van der Waals surface area contributed by atoms with Crippen LogP contribution in [-0.2, 0) is 0 Å². The standard InChI is InChI=1S/C18H24N6O/c1-12-8-13(2)22-18(21-12)24-7-5-14-4-6-23(11-16(14)24)17-19-9-15(25-3)10-20-17/h8-10,14,16H,4-7,11H2,1-3H3. The zero-order valence-electron chi connectivity index (χ0n) is 15.0. The molecule has 2 aliphatic heterocycles. The van der Waals surface area contributed by atoms with E-state index in [0.29, 0.717) is 17.7 Å². The summed E-state index contributed by atoms with van der Waals surface area (Å²) >= 11 is 0. The van der Waals surface area contributed by atoms with Gasteiger partial charge < -0.3 is 14.5 Å². The Morgan fingerprint density at radius 1 is 1.00 bits per heavy atom. The van der Waals surface area contributed by atoms with Crippen LogP contribution in [0.5, 0.6) is 5.75 Å². The maximum atomic E-state index is 5.15. The van der Waals surface area contributed by atoms with Gasteiger partial charge in [-0.05, 0) is 38.7 Å². The van der Waals surface area contributed by atoms with Gasteiger partial charge in [0.05, 0.1) is 25.5 Å². The van der Waals surface area contributed by atoms with Gasteiger partial charge in [-0.1, -0.05) is 0 Å². The highest BCUT2D eigenvalue weighted by molar-refractivity contribution is 5.40. The highest BCUT2D eigenvalue weighted by atomic mass is 16.5. The Kier molecular flexibility index (Phi) is 4.15. The number of hydrogen-bond donors (Lipinski definition) is 0. The first-order valence-electron chi connectivity index (χ1n) is 8.84. The SMILES string of the molecule is COc1cnc(N2CCC3CCN(c4nc(C)cc(C)n4)C3C2)nc1. The van der Waals surface area contributed by atoms with Crippen molar-refractivity contribution in [1.82, 2.24) is 19.9 Å². The molecule has 0 bridgehead atoms. The van der Waals surface area contributed by atoms with Gasteiger partial charge in [0.1, 0.15) is 0 Å². The maximum absolute atomic E-state index is 5.15. The molecular weight excluding hydrogens is 316 g/mol. The third-order valence-electron chi connectivity index (χ3n) is 5.22. The van der Waals surface area contributed by atoms with Crippen molar-refractivity contribution in [2.45, 2.75) is 32.7 Å². The fraction of sp³-hybridized carbons (Fsp3) is 0.556. The van der Waals surface area contributed by atoms with Crippen molar-refractivity contribution in [2.75, 3.05) is 36.5 Å². The number of anilines is 2. The van der Waals surface area contributed by atoms with Gasteiger partial charge in [-0.25, -0.2) is 19.9 Å². The van der Waals surface area contributed by atoms with Crippen LogP contribution in [0.2, 0.25) is 0 Å². The molecule has 0 amide bonds. The number of piperidine rings is 1. The molecule has 132 valence electrons. The Morgan fingerprint density at radius 3 is 2.36 bits per heavy atom. The Hall–Kier alpha value is -2.44. The van der Waals surface area contributed by atoms with E-state index in [1.807, 2.05) is 19.9 Å². The number of fused-ring (bicyclic) bond motifs is 1. The predicted molar refractivity (Wildman–Crippen MR) is 96.2 cm³/mol. The van der Waals surface area contributed by atoms with Crippen LogP contribution < -0.4 is 14.5 Å². The molecule has 0 aliphatic carbocycles. The normalized spacial score (nSPS) is 22.8. The third-order valence-corrected chi connectivity index (χ3v) is 5.22. The molecule has 2 atom stereocenters. The number of rotatable bonds is 3. The molecule has 0 saturated carbocycles. The van der Waals surface area contributed by atoms with Crippen LogP contribution in [0.15, 0.2) is 18.5 Å². The summed E-state index contributed by atoms with van der Waals surface area (Å²) in [6.07, 6.45) is 5.82. The lowest BCUT2D eigenvalue weighted by atomic mass is 9.92. The van der Waals surface area contributed by atoms with Crippen molar-refractivity contribution in [2.24, 2.45) is 5.92 Å². The zero-order chi connectivity index (χ0) is 17.4. The average Bonchev–Trinajstić information content (AvgIpc) is 3.04. The minimum absolute atomic E-state index is 0.417. The molecule has 25 heavy (non-hydrogen) atoms. The molecule has 2 aliphatic rings. The van der Waals surface area contributed by atoms with E-state index in [9.17, 15) is 0 Å². The summed E-state index contributed by atoms with van der Waals surface area (Å²) in [4.78, 5) is 22.9. The minimum Gasteiger partial charge on any atom is -0.494 e. The van der Waals surface area contributed by atoms with Gasteiger partial charge in [0.2, 0.25) is 11.9 Å². The lowest BCUT2D eigenvalue weighted by molar-refractivity contribution is 0.384. The van der Waals surface area contributed by atoms with Crippen LogP contribution >= 0.6 is 0 Å². The number of aryl methyl sites for hydroxylation is 2. The van der Waals surface area contributed by atoms with Crippen LogP contribution in [0.25, 0.3) is 0 Å². The van der Waals surface area contributed by atoms with Gasteiger partial charge in [0.25, 0.3) is 0 Å². The lowest BCUT2D eigenvalue weighted by Crippen LogP contribution is -2.49. The highest BCUT2D eigenvalue weighted by Crippen LogP contribution is 2.34. The van der Waals surface area contributed by atoms with Crippen molar-refractivity contribution in [3.8, 4) is 5.75 Å². The van der Waals surface area contributed by atoms with Gasteiger partial charge in [-0.3, -0.25) is 0 Å². The Bertz CT molecular complexity index is 729. The number of aromatic nitrogens is 4. The lowest BCUT2D eigenvalue weighted by Gasteiger charge is -2.38. The molecule has 0 spiro atoms. The monoisotopic (exact) mass is 340 g/mol. The highest BCUT2D eigenvalue weighted by Gasteiger charge is 2.40. The second-order valence-corrected chi connectivity index (χ2v) is 6.92. The molecule has 0 N–H and O–H groups in total. The Balaban J connectivity index is 1.55. The number of nitrogens with zero attached hydrogens (tertiary/aromatic N) is 6. The van der Waals surface area contributed by atoms with Gasteiger partial charge in [-0.2, -0.15) is 0 Å². The molecule has 4 heterocycles. The first-order chi connectivity index (χ1) is 12.1. The summed E-state index contributed by atoms with van der Waals surface area (Å²) in [5.74, 6) is 3.01. The fourth-order valence-corrected chi connectivity index (χ4v) is 3.98. The second-order valence-electron chi connectivity index (χ2n) is 6.92. The van der Waals surface area contributed by atoms with Crippen LogP contribution in [0.1, 0.15) is 24.2 Å². The van der Waals surface area contributed by atoms with Crippen LogP contribution in [0, 0.1) is 19.8 Å². The molecular formula is C18H24N6O. The van der Waals surface area contributed by atoms with E-state index < -0.39 is 0 Å². The van der Waals surface area contributed by atoms with Gasteiger partial charge >= 0.3 is 0 Å². The molecule has 2 aromatic heterocycles.